The minimum atomic E-state index is -0.307. The van der Waals surface area contributed by atoms with E-state index in [1.165, 1.54) is 0 Å². The van der Waals surface area contributed by atoms with Gasteiger partial charge < -0.3 is 9.84 Å². The van der Waals surface area contributed by atoms with Crippen LogP contribution >= 0.6 is 0 Å². The van der Waals surface area contributed by atoms with E-state index in [2.05, 4.69) is 0 Å². The van der Waals surface area contributed by atoms with Crippen LogP contribution in [0.5, 0.6) is 0 Å². The maximum absolute atomic E-state index is 8.98. The van der Waals surface area contributed by atoms with E-state index < -0.39 is 0 Å². The third kappa shape index (κ3) is 1.43. The fourth-order valence-electron chi connectivity index (χ4n) is 1.15. The van der Waals surface area contributed by atoms with Gasteiger partial charge in [0.25, 0.3) is 0 Å². The van der Waals surface area contributed by atoms with E-state index in [1.54, 1.807) is 6.92 Å². The summed E-state index contributed by atoms with van der Waals surface area (Å²) in [6.07, 6.45) is 0.753. The summed E-state index contributed by atoms with van der Waals surface area (Å²) in [4.78, 5) is 0. The van der Waals surface area contributed by atoms with Gasteiger partial charge in [0.2, 0.25) is 0 Å². The first kappa shape index (κ1) is 7.03. The predicted molar refractivity (Wildman–Crippen MR) is 35.2 cm³/mol. The maximum Gasteiger partial charge on any atom is 0.0865 e. The lowest BCUT2D eigenvalue weighted by molar-refractivity contribution is -0.216. The molecular formula is C7H14O2. The predicted octanol–water partition coefficient (Wildman–Crippen LogP) is 0.935. The van der Waals surface area contributed by atoms with E-state index in [1.807, 2.05) is 13.8 Å². The largest absolute Gasteiger partial charge is 0.391 e. The van der Waals surface area contributed by atoms with Gasteiger partial charge in [-0.3, -0.25) is 0 Å². The SMILES string of the molecule is C[C@H](O)[C@H]1CC(C)(C)O1. The number of hydrogen-bond acceptors (Lipinski definition) is 2. The van der Waals surface area contributed by atoms with E-state index in [4.69, 9.17) is 9.84 Å². The molecule has 0 unspecified atom stereocenters. The molecule has 0 saturated carbocycles. The normalized spacial score (nSPS) is 35.3. The van der Waals surface area contributed by atoms with Gasteiger partial charge in [-0.15, -0.1) is 0 Å². The lowest BCUT2D eigenvalue weighted by Crippen LogP contribution is -2.50. The molecule has 1 aliphatic heterocycles. The molecule has 0 spiro atoms. The van der Waals surface area contributed by atoms with Gasteiger partial charge in [0.15, 0.2) is 0 Å². The molecule has 0 aromatic carbocycles. The summed E-state index contributed by atoms with van der Waals surface area (Å²) < 4.78 is 5.34. The molecule has 1 heterocycles. The van der Waals surface area contributed by atoms with E-state index in [-0.39, 0.29) is 17.8 Å². The molecule has 1 aliphatic rings. The molecule has 0 amide bonds. The van der Waals surface area contributed by atoms with E-state index >= 15 is 0 Å². The number of ether oxygens (including phenoxy) is 1. The second-order valence-corrected chi connectivity index (χ2v) is 3.36. The molecule has 0 bridgehead atoms. The summed E-state index contributed by atoms with van der Waals surface area (Å²) in [6.45, 7) is 5.83. The fourth-order valence-corrected chi connectivity index (χ4v) is 1.15. The highest BCUT2D eigenvalue weighted by molar-refractivity contribution is 4.87. The number of aliphatic hydroxyl groups excluding tert-OH is 1. The summed E-state index contributed by atoms with van der Waals surface area (Å²) in [5, 5.41) is 8.98. The Labute approximate surface area is 55.8 Å². The molecule has 1 saturated heterocycles. The molecule has 1 N–H and O–H groups in total. The number of rotatable bonds is 1. The quantitative estimate of drug-likeness (QED) is 0.572. The smallest absolute Gasteiger partial charge is 0.0865 e. The lowest BCUT2D eigenvalue weighted by atomic mass is 9.91. The van der Waals surface area contributed by atoms with Crippen molar-refractivity contribution in [1.82, 2.24) is 0 Å². The van der Waals surface area contributed by atoms with Crippen molar-refractivity contribution in [3.05, 3.63) is 0 Å². The van der Waals surface area contributed by atoms with Crippen molar-refractivity contribution in [2.45, 2.75) is 45.0 Å². The molecular weight excluding hydrogens is 116 g/mol. The van der Waals surface area contributed by atoms with E-state index in [0.717, 1.165) is 6.42 Å². The average Bonchev–Trinajstić information content (AvgIpc) is 1.59. The van der Waals surface area contributed by atoms with Gasteiger partial charge in [-0.2, -0.15) is 0 Å². The van der Waals surface area contributed by atoms with E-state index in [9.17, 15) is 0 Å². The molecule has 2 nitrogen and oxygen atoms in total. The first-order valence-electron chi connectivity index (χ1n) is 3.37. The molecule has 0 aromatic heterocycles. The van der Waals surface area contributed by atoms with Crippen molar-refractivity contribution in [3.63, 3.8) is 0 Å². The number of hydrogen-bond donors (Lipinski definition) is 1. The van der Waals surface area contributed by atoms with Crippen LogP contribution in [0.2, 0.25) is 0 Å². The minimum absolute atomic E-state index is 0.0155. The van der Waals surface area contributed by atoms with Gasteiger partial charge >= 0.3 is 0 Å². The van der Waals surface area contributed by atoms with Crippen LogP contribution in [0.3, 0.4) is 0 Å². The lowest BCUT2D eigenvalue weighted by Gasteiger charge is -2.44. The van der Waals surface area contributed by atoms with Crippen LogP contribution in [0.25, 0.3) is 0 Å². The second-order valence-electron chi connectivity index (χ2n) is 3.36. The van der Waals surface area contributed by atoms with Crippen molar-refractivity contribution >= 4 is 0 Å². The molecule has 2 heteroatoms. The van der Waals surface area contributed by atoms with Crippen molar-refractivity contribution < 1.29 is 9.84 Å². The average molecular weight is 130 g/mol. The topological polar surface area (TPSA) is 29.5 Å². The zero-order valence-electron chi connectivity index (χ0n) is 6.22. The monoisotopic (exact) mass is 130 g/mol. The summed E-state index contributed by atoms with van der Waals surface area (Å²) >= 11 is 0. The Morgan fingerprint density at radius 3 is 2.22 bits per heavy atom. The first-order chi connectivity index (χ1) is 4.01. The van der Waals surface area contributed by atoms with Gasteiger partial charge in [0, 0.05) is 6.42 Å². The molecule has 1 rings (SSSR count). The van der Waals surface area contributed by atoms with Crippen LogP contribution < -0.4 is 0 Å². The second kappa shape index (κ2) is 1.96. The highest BCUT2D eigenvalue weighted by Crippen LogP contribution is 2.33. The molecule has 0 radical (unpaired) electrons. The first-order valence-corrected chi connectivity index (χ1v) is 3.37. The standard InChI is InChI=1S/C7H14O2/c1-5(8)6-4-7(2,3)9-6/h5-6,8H,4H2,1-3H3/t5-,6+/m0/s1. The van der Waals surface area contributed by atoms with Gasteiger partial charge in [-0.25, -0.2) is 0 Å². The highest BCUT2D eigenvalue weighted by atomic mass is 16.5. The van der Waals surface area contributed by atoms with Gasteiger partial charge in [-0.1, -0.05) is 0 Å². The third-order valence-electron chi connectivity index (χ3n) is 1.70. The Bertz CT molecular complexity index is 99.5. The molecule has 1 fully saturated rings. The summed E-state index contributed by atoms with van der Waals surface area (Å²) in [5.41, 5.74) is 0.0155. The maximum atomic E-state index is 8.98. The summed E-state index contributed by atoms with van der Waals surface area (Å²) in [5.74, 6) is 0. The van der Waals surface area contributed by atoms with Crippen LogP contribution in [0.4, 0.5) is 0 Å². The molecule has 9 heavy (non-hydrogen) atoms. The van der Waals surface area contributed by atoms with Gasteiger partial charge in [0.1, 0.15) is 0 Å². The zero-order valence-corrected chi connectivity index (χ0v) is 6.22. The van der Waals surface area contributed by atoms with Crippen LogP contribution in [0.15, 0.2) is 0 Å². The van der Waals surface area contributed by atoms with Crippen LogP contribution in [0.1, 0.15) is 27.2 Å². The van der Waals surface area contributed by atoms with Crippen molar-refractivity contribution in [2.24, 2.45) is 0 Å². The fraction of sp³-hybridized carbons (Fsp3) is 1.00. The van der Waals surface area contributed by atoms with Gasteiger partial charge in [0.05, 0.1) is 17.8 Å². The molecule has 0 aliphatic carbocycles. The Kier molecular flexibility index (Phi) is 1.53. The Morgan fingerprint density at radius 1 is 1.67 bits per heavy atom. The third-order valence-corrected chi connectivity index (χ3v) is 1.70. The van der Waals surface area contributed by atoms with Crippen molar-refractivity contribution in [1.29, 1.82) is 0 Å². The summed E-state index contributed by atoms with van der Waals surface area (Å²) in [6, 6.07) is 0. The Morgan fingerprint density at radius 2 is 2.11 bits per heavy atom. The zero-order chi connectivity index (χ0) is 7.07. The van der Waals surface area contributed by atoms with Gasteiger partial charge in [-0.05, 0) is 20.8 Å². The van der Waals surface area contributed by atoms with Crippen molar-refractivity contribution in [2.75, 3.05) is 0 Å². The number of aliphatic hydroxyl groups is 1. The van der Waals surface area contributed by atoms with Crippen LogP contribution in [-0.4, -0.2) is 22.9 Å². The Hall–Kier alpha value is -0.0800. The minimum Gasteiger partial charge on any atom is -0.391 e. The van der Waals surface area contributed by atoms with Crippen LogP contribution in [-0.2, 0) is 4.74 Å². The molecule has 54 valence electrons. The molecule has 0 aromatic rings. The molecule has 2 atom stereocenters. The van der Waals surface area contributed by atoms with Crippen LogP contribution in [0, 0.1) is 0 Å². The van der Waals surface area contributed by atoms with Crippen molar-refractivity contribution in [3.8, 4) is 0 Å². The highest BCUT2D eigenvalue weighted by Gasteiger charge is 2.39. The van der Waals surface area contributed by atoms with E-state index in [0.29, 0.717) is 0 Å². The Balaban J connectivity index is 2.27. The summed E-state index contributed by atoms with van der Waals surface area (Å²) in [7, 11) is 0.